The van der Waals surface area contributed by atoms with E-state index in [1.54, 1.807) is 12.1 Å². The number of halogens is 2. The highest BCUT2D eigenvalue weighted by Crippen LogP contribution is 2.22. The first-order chi connectivity index (χ1) is 14.7. The maximum atomic E-state index is 14.3. The molecule has 1 aliphatic heterocycles. The maximum Gasteiger partial charge on any atom is 0.313 e. The molecule has 3 rings (SSSR count). The fourth-order valence-corrected chi connectivity index (χ4v) is 3.21. The van der Waals surface area contributed by atoms with Crippen molar-refractivity contribution < 1.29 is 27.9 Å². The summed E-state index contributed by atoms with van der Waals surface area (Å²) < 4.78 is 33.1. The van der Waals surface area contributed by atoms with Crippen molar-refractivity contribution in [2.75, 3.05) is 32.5 Å². The van der Waals surface area contributed by atoms with Crippen LogP contribution >= 0.6 is 0 Å². The number of anilines is 1. The van der Waals surface area contributed by atoms with Crippen molar-refractivity contribution in [3.8, 4) is 5.75 Å². The van der Waals surface area contributed by atoms with Gasteiger partial charge in [-0.3, -0.25) is 14.4 Å². The van der Waals surface area contributed by atoms with Gasteiger partial charge in [-0.05, 0) is 42.5 Å². The second-order valence-corrected chi connectivity index (χ2v) is 7.41. The van der Waals surface area contributed by atoms with Crippen LogP contribution in [-0.4, -0.2) is 60.8 Å². The number of nitrogens with one attached hydrogen (secondary N) is 1. The van der Waals surface area contributed by atoms with Crippen molar-refractivity contribution in [3.63, 3.8) is 0 Å². The third kappa shape index (κ3) is 5.56. The number of carbonyl (C=O) groups excluding carboxylic acids is 3. The molecule has 31 heavy (non-hydrogen) atoms. The molecule has 0 aromatic heterocycles. The molecule has 2 aromatic carbocycles. The van der Waals surface area contributed by atoms with Gasteiger partial charge in [0.2, 0.25) is 0 Å². The largest absolute Gasteiger partial charge is 0.490 e. The molecule has 1 N–H and O–H groups in total. The lowest BCUT2D eigenvalue weighted by Crippen LogP contribution is -2.42. The highest BCUT2D eigenvalue weighted by molar-refractivity contribution is 6.39. The number of amides is 3. The van der Waals surface area contributed by atoms with Crippen molar-refractivity contribution >= 4 is 23.4 Å². The zero-order valence-corrected chi connectivity index (χ0v) is 17.2. The summed E-state index contributed by atoms with van der Waals surface area (Å²) in [5, 5.41) is 2.37. The molecular weight excluding hydrogens is 408 g/mol. The number of benzene rings is 2. The SMILES string of the molecule is CN(C)C(=O)C(=O)Nc1ccc(F)c(C(=O)N2CCC(Oc3ccc(F)cc3)CC2)c1. The van der Waals surface area contributed by atoms with E-state index >= 15 is 0 Å². The van der Waals surface area contributed by atoms with E-state index in [2.05, 4.69) is 5.32 Å². The molecule has 0 aliphatic carbocycles. The average molecular weight is 431 g/mol. The molecule has 0 saturated carbocycles. The smallest absolute Gasteiger partial charge is 0.313 e. The summed E-state index contributed by atoms with van der Waals surface area (Å²) in [5.74, 6) is -2.67. The van der Waals surface area contributed by atoms with Crippen LogP contribution in [0, 0.1) is 11.6 Å². The Balaban J connectivity index is 1.61. The van der Waals surface area contributed by atoms with E-state index in [0.717, 1.165) is 11.0 Å². The predicted octanol–water partition coefficient (Wildman–Crippen LogP) is 2.68. The van der Waals surface area contributed by atoms with E-state index < -0.39 is 23.5 Å². The van der Waals surface area contributed by atoms with E-state index in [-0.39, 0.29) is 23.2 Å². The fraction of sp³-hybridized carbons (Fsp3) is 0.318. The number of rotatable bonds is 4. The van der Waals surface area contributed by atoms with Crippen LogP contribution in [0.25, 0.3) is 0 Å². The Kier molecular flexibility index (Phi) is 6.84. The van der Waals surface area contributed by atoms with Crippen LogP contribution in [0.15, 0.2) is 42.5 Å². The van der Waals surface area contributed by atoms with Gasteiger partial charge < -0.3 is 19.9 Å². The van der Waals surface area contributed by atoms with Crippen LogP contribution in [0.5, 0.6) is 5.75 Å². The lowest BCUT2D eigenvalue weighted by molar-refractivity contribution is -0.141. The molecule has 1 heterocycles. The fourth-order valence-electron chi connectivity index (χ4n) is 3.21. The Morgan fingerprint density at radius 2 is 1.68 bits per heavy atom. The molecular formula is C22H23F2N3O4. The molecule has 9 heteroatoms. The van der Waals surface area contributed by atoms with Gasteiger partial charge in [0.1, 0.15) is 23.5 Å². The van der Waals surface area contributed by atoms with Crippen molar-refractivity contribution in [1.29, 1.82) is 0 Å². The van der Waals surface area contributed by atoms with Crippen molar-refractivity contribution in [1.82, 2.24) is 9.80 Å². The van der Waals surface area contributed by atoms with Crippen molar-refractivity contribution in [2.45, 2.75) is 18.9 Å². The molecule has 1 saturated heterocycles. The van der Waals surface area contributed by atoms with E-state index in [4.69, 9.17) is 4.74 Å². The van der Waals surface area contributed by atoms with Crippen LogP contribution in [0.4, 0.5) is 14.5 Å². The number of likely N-dealkylation sites (N-methyl/N-ethyl adjacent to an activating group) is 1. The third-order valence-electron chi connectivity index (χ3n) is 4.90. The van der Waals surface area contributed by atoms with Gasteiger partial charge in [0, 0.05) is 45.7 Å². The van der Waals surface area contributed by atoms with Crippen LogP contribution < -0.4 is 10.1 Å². The van der Waals surface area contributed by atoms with E-state index in [1.165, 1.54) is 43.3 Å². The lowest BCUT2D eigenvalue weighted by atomic mass is 10.1. The number of likely N-dealkylation sites (tertiary alicyclic amines) is 1. The van der Waals surface area contributed by atoms with E-state index in [9.17, 15) is 23.2 Å². The highest BCUT2D eigenvalue weighted by atomic mass is 19.1. The van der Waals surface area contributed by atoms with E-state index in [0.29, 0.717) is 31.7 Å². The minimum atomic E-state index is -0.881. The maximum absolute atomic E-state index is 14.3. The Morgan fingerprint density at radius 1 is 1.03 bits per heavy atom. The number of carbonyl (C=O) groups is 3. The molecule has 3 amide bonds. The minimum absolute atomic E-state index is 0.137. The second kappa shape index (κ2) is 9.55. The Morgan fingerprint density at radius 3 is 2.29 bits per heavy atom. The van der Waals surface area contributed by atoms with Crippen LogP contribution in [0.2, 0.25) is 0 Å². The zero-order chi connectivity index (χ0) is 22.5. The molecule has 1 fully saturated rings. The molecule has 7 nitrogen and oxygen atoms in total. The number of ether oxygens (including phenoxy) is 1. The van der Waals surface area contributed by atoms with Crippen LogP contribution in [-0.2, 0) is 9.59 Å². The first-order valence-corrected chi connectivity index (χ1v) is 9.78. The number of hydrogen-bond donors (Lipinski definition) is 1. The molecule has 2 aromatic rings. The first-order valence-electron chi connectivity index (χ1n) is 9.78. The van der Waals surface area contributed by atoms with Crippen LogP contribution in [0.3, 0.4) is 0 Å². The summed E-state index contributed by atoms with van der Waals surface area (Å²) in [7, 11) is 2.87. The second-order valence-electron chi connectivity index (χ2n) is 7.41. The lowest BCUT2D eigenvalue weighted by Gasteiger charge is -2.32. The standard InChI is InChI=1S/C22H23F2N3O4/c1-26(2)22(30)20(28)25-15-5-8-19(24)18(13-15)21(29)27-11-9-17(10-12-27)31-16-6-3-14(23)4-7-16/h3-8,13,17H,9-12H2,1-2H3,(H,25,28). The highest BCUT2D eigenvalue weighted by Gasteiger charge is 2.27. The van der Waals surface area contributed by atoms with Gasteiger partial charge >= 0.3 is 11.8 Å². The molecule has 0 radical (unpaired) electrons. The van der Waals surface area contributed by atoms with Gasteiger partial charge in [0.05, 0.1) is 5.56 Å². The van der Waals surface area contributed by atoms with Crippen molar-refractivity contribution in [2.24, 2.45) is 0 Å². The van der Waals surface area contributed by atoms with Gasteiger partial charge in [-0.1, -0.05) is 0 Å². The molecule has 0 atom stereocenters. The number of nitrogens with zero attached hydrogens (tertiary/aromatic N) is 2. The summed E-state index contributed by atoms with van der Waals surface area (Å²) in [5.41, 5.74) is -0.0347. The zero-order valence-electron chi connectivity index (χ0n) is 17.2. The van der Waals surface area contributed by atoms with Gasteiger partial charge in [0.25, 0.3) is 5.91 Å². The number of hydrogen-bond acceptors (Lipinski definition) is 4. The minimum Gasteiger partial charge on any atom is -0.490 e. The van der Waals surface area contributed by atoms with Gasteiger partial charge in [-0.25, -0.2) is 8.78 Å². The van der Waals surface area contributed by atoms with Crippen molar-refractivity contribution in [3.05, 3.63) is 59.7 Å². The monoisotopic (exact) mass is 431 g/mol. The van der Waals surface area contributed by atoms with Gasteiger partial charge in [-0.2, -0.15) is 0 Å². The molecule has 0 bridgehead atoms. The molecule has 0 unspecified atom stereocenters. The van der Waals surface area contributed by atoms with Gasteiger partial charge in [-0.15, -0.1) is 0 Å². The molecule has 1 aliphatic rings. The van der Waals surface area contributed by atoms with E-state index in [1.807, 2.05) is 0 Å². The summed E-state index contributed by atoms with van der Waals surface area (Å²) in [6.07, 6.45) is 0.943. The Hall–Kier alpha value is -3.49. The summed E-state index contributed by atoms with van der Waals surface area (Å²) in [6, 6.07) is 9.30. The molecule has 0 spiro atoms. The molecule has 164 valence electrons. The summed E-state index contributed by atoms with van der Waals surface area (Å²) >= 11 is 0. The van der Waals surface area contributed by atoms with Crippen LogP contribution in [0.1, 0.15) is 23.2 Å². The predicted molar refractivity (Wildman–Crippen MR) is 110 cm³/mol. The average Bonchev–Trinajstić information content (AvgIpc) is 2.76. The number of piperidine rings is 1. The normalized spacial score (nSPS) is 14.1. The first kappa shape index (κ1) is 22.2. The Labute approximate surface area is 178 Å². The topological polar surface area (TPSA) is 79.0 Å². The third-order valence-corrected chi connectivity index (χ3v) is 4.90. The Bertz CT molecular complexity index is 971. The quantitative estimate of drug-likeness (QED) is 0.755. The van der Waals surface area contributed by atoms with Gasteiger partial charge in [0.15, 0.2) is 0 Å². The summed E-state index contributed by atoms with van der Waals surface area (Å²) in [4.78, 5) is 39.0. The summed E-state index contributed by atoms with van der Waals surface area (Å²) in [6.45, 7) is 0.722.